The maximum atomic E-state index is 12.8. The van der Waals surface area contributed by atoms with E-state index in [1.54, 1.807) is 0 Å². The summed E-state index contributed by atoms with van der Waals surface area (Å²) in [7, 11) is 0. The molecule has 102 valence electrons. The lowest BCUT2D eigenvalue weighted by Gasteiger charge is -2.31. The molecular formula is C15H20N2O2. The average Bonchev–Trinajstić information content (AvgIpc) is 2.76. The van der Waals surface area contributed by atoms with Crippen LogP contribution in [-0.4, -0.2) is 31.2 Å². The predicted octanol–water partition coefficient (Wildman–Crippen LogP) is 1.69. The summed E-state index contributed by atoms with van der Waals surface area (Å²) >= 11 is 0. The van der Waals surface area contributed by atoms with E-state index < -0.39 is 5.60 Å². The van der Waals surface area contributed by atoms with Crippen molar-refractivity contribution in [1.29, 1.82) is 0 Å². The van der Waals surface area contributed by atoms with Crippen LogP contribution in [0.15, 0.2) is 24.3 Å². The van der Waals surface area contributed by atoms with Crippen LogP contribution >= 0.6 is 0 Å². The predicted molar refractivity (Wildman–Crippen MR) is 74.1 cm³/mol. The molecule has 0 spiro atoms. The summed E-state index contributed by atoms with van der Waals surface area (Å²) in [4.78, 5) is 14.7. The molecule has 1 saturated heterocycles. The van der Waals surface area contributed by atoms with E-state index in [1.165, 1.54) is 5.56 Å². The van der Waals surface area contributed by atoms with Crippen molar-refractivity contribution in [2.75, 3.05) is 24.6 Å². The maximum absolute atomic E-state index is 12.8. The van der Waals surface area contributed by atoms with Crippen molar-refractivity contribution >= 4 is 11.6 Å². The molecule has 0 saturated carbocycles. The fourth-order valence-electron chi connectivity index (χ4n) is 2.90. The van der Waals surface area contributed by atoms with Crippen molar-refractivity contribution in [1.82, 2.24) is 5.32 Å². The lowest BCUT2D eigenvalue weighted by molar-refractivity contribution is -0.136. The Hall–Kier alpha value is -1.39. The summed E-state index contributed by atoms with van der Waals surface area (Å²) < 4.78 is 5.70. The second kappa shape index (κ2) is 4.94. The van der Waals surface area contributed by atoms with E-state index in [2.05, 4.69) is 11.4 Å². The molecule has 1 amide bonds. The van der Waals surface area contributed by atoms with Crippen molar-refractivity contribution in [3.05, 3.63) is 29.8 Å². The largest absolute Gasteiger partial charge is 0.365 e. The molecule has 0 aliphatic carbocycles. The highest BCUT2D eigenvalue weighted by molar-refractivity contribution is 6.00. The maximum Gasteiger partial charge on any atom is 0.258 e. The Balaban J connectivity index is 1.94. The number of amides is 1. The van der Waals surface area contributed by atoms with Crippen molar-refractivity contribution in [3.8, 4) is 0 Å². The minimum Gasteiger partial charge on any atom is -0.365 e. The number of nitrogens with one attached hydrogen (secondary N) is 1. The molecule has 4 nitrogen and oxygen atoms in total. The lowest BCUT2D eigenvalue weighted by atomic mass is 10.00. The van der Waals surface area contributed by atoms with Gasteiger partial charge in [0.05, 0.1) is 0 Å². The van der Waals surface area contributed by atoms with Gasteiger partial charge in [0.1, 0.15) is 5.60 Å². The van der Waals surface area contributed by atoms with E-state index in [-0.39, 0.29) is 5.91 Å². The van der Waals surface area contributed by atoms with Gasteiger partial charge in [-0.25, -0.2) is 0 Å². The smallest absolute Gasteiger partial charge is 0.258 e. The average molecular weight is 260 g/mol. The minimum atomic E-state index is -0.641. The molecule has 1 aromatic carbocycles. The number of nitrogens with zero attached hydrogens (tertiary/aromatic N) is 1. The third-order valence-corrected chi connectivity index (χ3v) is 4.03. The number of carbonyl (C=O) groups is 1. The van der Waals surface area contributed by atoms with Crippen LogP contribution < -0.4 is 10.2 Å². The third-order valence-electron chi connectivity index (χ3n) is 4.03. The number of hydrogen-bond acceptors (Lipinski definition) is 3. The Morgan fingerprint density at radius 1 is 1.42 bits per heavy atom. The SMILES string of the molecule is CC1(C(=O)N2CCNCc3ccccc32)CCCO1. The molecular weight excluding hydrogens is 240 g/mol. The van der Waals surface area contributed by atoms with Crippen molar-refractivity contribution in [2.24, 2.45) is 0 Å². The van der Waals surface area contributed by atoms with E-state index >= 15 is 0 Å². The van der Waals surface area contributed by atoms with Gasteiger partial charge in [-0.1, -0.05) is 18.2 Å². The van der Waals surface area contributed by atoms with E-state index in [9.17, 15) is 4.79 Å². The number of anilines is 1. The highest BCUT2D eigenvalue weighted by atomic mass is 16.5. The first kappa shape index (κ1) is 12.6. The lowest BCUT2D eigenvalue weighted by Crippen LogP contribution is -2.48. The molecule has 2 heterocycles. The minimum absolute atomic E-state index is 0.0983. The van der Waals surface area contributed by atoms with E-state index in [0.29, 0.717) is 13.2 Å². The summed E-state index contributed by atoms with van der Waals surface area (Å²) in [5.74, 6) is 0.0983. The number of rotatable bonds is 1. The summed E-state index contributed by atoms with van der Waals surface area (Å²) in [5.41, 5.74) is 1.56. The van der Waals surface area contributed by atoms with Crippen molar-refractivity contribution < 1.29 is 9.53 Å². The van der Waals surface area contributed by atoms with Crippen LogP contribution in [0.3, 0.4) is 0 Å². The molecule has 4 heteroatoms. The monoisotopic (exact) mass is 260 g/mol. The summed E-state index contributed by atoms with van der Waals surface area (Å²) in [6.07, 6.45) is 1.79. The molecule has 1 N–H and O–H groups in total. The Bertz CT molecular complexity index is 481. The fourth-order valence-corrected chi connectivity index (χ4v) is 2.90. The van der Waals surface area contributed by atoms with Gasteiger partial charge in [0.2, 0.25) is 0 Å². The molecule has 0 bridgehead atoms. The highest BCUT2D eigenvalue weighted by Gasteiger charge is 2.41. The molecule has 1 fully saturated rings. The van der Waals surface area contributed by atoms with Gasteiger partial charge >= 0.3 is 0 Å². The number of para-hydroxylation sites is 1. The van der Waals surface area contributed by atoms with Crippen LogP contribution in [0.5, 0.6) is 0 Å². The molecule has 1 unspecified atom stereocenters. The molecule has 3 rings (SSSR count). The van der Waals surface area contributed by atoms with Gasteiger partial charge in [-0.05, 0) is 31.4 Å². The number of benzene rings is 1. The van der Waals surface area contributed by atoms with Gasteiger partial charge < -0.3 is 15.0 Å². The van der Waals surface area contributed by atoms with E-state index in [0.717, 1.165) is 31.6 Å². The normalized spacial score (nSPS) is 26.9. The zero-order valence-corrected chi connectivity index (χ0v) is 11.3. The first-order chi connectivity index (χ1) is 9.21. The quantitative estimate of drug-likeness (QED) is 0.835. The topological polar surface area (TPSA) is 41.6 Å². The van der Waals surface area contributed by atoms with Crippen molar-refractivity contribution in [2.45, 2.75) is 31.9 Å². The van der Waals surface area contributed by atoms with Crippen LogP contribution in [-0.2, 0) is 16.1 Å². The first-order valence-electron chi connectivity index (χ1n) is 6.95. The Morgan fingerprint density at radius 2 is 2.26 bits per heavy atom. The Morgan fingerprint density at radius 3 is 3.05 bits per heavy atom. The number of ether oxygens (including phenoxy) is 1. The van der Waals surface area contributed by atoms with Crippen LogP contribution in [0.1, 0.15) is 25.3 Å². The van der Waals surface area contributed by atoms with E-state index in [4.69, 9.17) is 4.74 Å². The molecule has 19 heavy (non-hydrogen) atoms. The third kappa shape index (κ3) is 2.26. The van der Waals surface area contributed by atoms with Gasteiger partial charge in [-0.15, -0.1) is 0 Å². The van der Waals surface area contributed by atoms with Crippen LogP contribution in [0.2, 0.25) is 0 Å². The van der Waals surface area contributed by atoms with Gasteiger partial charge in [-0.2, -0.15) is 0 Å². The van der Waals surface area contributed by atoms with Crippen molar-refractivity contribution in [3.63, 3.8) is 0 Å². The van der Waals surface area contributed by atoms with Gasteiger partial charge in [-0.3, -0.25) is 4.79 Å². The highest BCUT2D eigenvalue weighted by Crippen LogP contribution is 2.31. The summed E-state index contributed by atoms with van der Waals surface area (Å²) in [5, 5.41) is 3.36. The fraction of sp³-hybridized carbons (Fsp3) is 0.533. The number of carbonyl (C=O) groups excluding carboxylic acids is 1. The summed E-state index contributed by atoms with van der Waals surface area (Å²) in [6.45, 7) is 4.95. The van der Waals surface area contributed by atoms with Gasteiger partial charge in [0.15, 0.2) is 0 Å². The van der Waals surface area contributed by atoms with Gasteiger partial charge in [0.25, 0.3) is 5.91 Å². The second-order valence-corrected chi connectivity index (χ2v) is 5.45. The van der Waals surface area contributed by atoms with Crippen LogP contribution in [0, 0.1) is 0 Å². The van der Waals surface area contributed by atoms with Gasteiger partial charge in [0, 0.05) is 31.9 Å². The standard InChI is InChI=1S/C15H20N2O2/c1-15(7-4-10-19-15)14(18)17-9-8-16-11-12-5-2-3-6-13(12)17/h2-3,5-6,16H,4,7-11H2,1H3. The molecule has 0 radical (unpaired) electrons. The van der Waals surface area contributed by atoms with Crippen LogP contribution in [0.4, 0.5) is 5.69 Å². The molecule has 1 aromatic rings. The molecule has 1 atom stereocenters. The summed E-state index contributed by atoms with van der Waals surface area (Å²) in [6, 6.07) is 8.11. The zero-order valence-electron chi connectivity index (χ0n) is 11.3. The molecule has 0 aromatic heterocycles. The first-order valence-corrected chi connectivity index (χ1v) is 6.95. The molecule has 2 aliphatic rings. The van der Waals surface area contributed by atoms with Crippen LogP contribution in [0.25, 0.3) is 0 Å². The number of fused-ring (bicyclic) bond motifs is 1. The van der Waals surface area contributed by atoms with E-state index in [1.807, 2.05) is 30.0 Å². The molecule has 2 aliphatic heterocycles. The zero-order chi connectivity index (χ0) is 13.3. The second-order valence-electron chi connectivity index (χ2n) is 5.45. The number of hydrogen-bond donors (Lipinski definition) is 1. The Kier molecular flexibility index (Phi) is 3.29. The Labute approximate surface area is 113 Å².